The first-order valence-corrected chi connectivity index (χ1v) is 5.64. The van der Waals surface area contributed by atoms with E-state index in [-0.39, 0.29) is 7.43 Å². The maximum Gasteiger partial charge on any atom is 0.0606 e. The summed E-state index contributed by atoms with van der Waals surface area (Å²) in [7, 11) is 9.00. The third kappa shape index (κ3) is 55.5. The highest BCUT2D eigenvalue weighted by molar-refractivity contribution is 6.05. The fourth-order valence-corrected chi connectivity index (χ4v) is 0.671. The van der Waals surface area contributed by atoms with Gasteiger partial charge in [-0.15, -0.1) is 0 Å². The maximum absolute atomic E-state index is 4.50. The molecule has 92 valence electrons. The van der Waals surface area contributed by atoms with Crippen LogP contribution in [0.2, 0.25) is 13.6 Å². The summed E-state index contributed by atoms with van der Waals surface area (Å²) in [6.45, 7) is 17.4. The van der Waals surface area contributed by atoms with Crippen LogP contribution in [0.1, 0.15) is 48.5 Å². The minimum atomic E-state index is 0. The molecule has 0 bridgehead atoms. The summed E-state index contributed by atoms with van der Waals surface area (Å²) in [6.07, 6.45) is 1.25. The third-order valence-electron chi connectivity index (χ3n) is 1.34. The Morgan fingerprint density at radius 3 is 0.800 bits per heavy atom. The van der Waals surface area contributed by atoms with Gasteiger partial charge in [0.05, 0.1) is 15.7 Å². The van der Waals surface area contributed by atoms with Gasteiger partial charge in [0.1, 0.15) is 0 Å². The molecule has 0 unspecified atom stereocenters. The van der Waals surface area contributed by atoms with E-state index in [2.05, 4.69) is 55.2 Å². The van der Waals surface area contributed by atoms with Gasteiger partial charge in [-0.1, -0.05) is 62.1 Å². The van der Waals surface area contributed by atoms with Gasteiger partial charge in [-0.2, -0.15) is 0 Å². The van der Waals surface area contributed by atoms with E-state index in [1.807, 2.05) is 0 Å². The van der Waals surface area contributed by atoms with Crippen molar-refractivity contribution >= 4 is 15.7 Å². The van der Waals surface area contributed by atoms with Crippen molar-refractivity contribution in [1.82, 2.24) is 4.90 Å². The lowest BCUT2D eigenvalue weighted by molar-refractivity contribution is 0.321. The second-order valence-corrected chi connectivity index (χ2v) is 2.33. The molecule has 0 aliphatic carbocycles. The van der Waals surface area contributed by atoms with E-state index in [0.717, 1.165) is 0 Å². The van der Waals surface area contributed by atoms with E-state index in [1.165, 1.54) is 39.7 Å². The van der Waals surface area contributed by atoms with Crippen LogP contribution in [0.15, 0.2) is 0 Å². The lowest BCUT2D eigenvalue weighted by Gasteiger charge is -2.13. The summed E-state index contributed by atoms with van der Waals surface area (Å²) in [5.41, 5.74) is 0. The van der Waals surface area contributed by atoms with Crippen LogP contribution in [0.5, 0.6) is 0 Å². The van der Waals surface area contributed by atoms with Crippen molar-refractivity contribution < 1.29 is 0 Å². The topological polar surface area (TPSA) is 3.24 Å². The summed E-state index contributed by atoms with van der Waals surface area (Å²) >= 11 is 0. The normalized spacial score (nSPS) is 6.67. The molecule has 4 radical (unpaired) electrons. The fraction of sp³-hybridized carbons (Fsp3) is 1.00. The Balaban J connectivity index is -0.0000000357. The molecule has 0 saturated carbocycles. The Labute approximate surface area is 103 Å². The average molecular weight is 213 g/mol. The molecule has 0 saturated heterocycles. The first-order chi connectivity index (χ1) is 6.76. The zero-order chi connectivity index (χ0) is 12.4. The molecule has 0 aromatic carbocycles. The van der Waals surface area contributed by atoms with E-state index in [9.17, 15) is 0 Å². The molecule has 0 atom stereocenters. The molecule has 0 aliphatic heterocycles. The third-order valence-corrected chi connectivity index (χ3v) is 1.34. The number of nitrogens with zero attached hydrogens (tertiary/aromatic N) is 1. The van der Waals surface area contributed by atoms with Gasteiger partial charge in [-0.3, -0.25) is 0 Å². The minimum absolute atomic E-state index is 0. The highest BCUT2D eigenvalue weighted by Gasteiger charge is 1.89. The van der Waals surface area contributed by atoms with Crippen molar-refractivity contribution in [1.29, 1.82) is 0 Å². The molecule has 0 spiro atoms. The molecule has 0 rings (SSSR count). The first kappa shape index (κ1) is 29.4. The molecule has 0 aromatic heterocycles. The van der Waals surface area contributed by atoms with E-state index >= 15 is 0 Å². The Hall–Kier alpha value is 0.0899. The van der Waals surface area contributed by atoms with Crippen molar-refractivity contribution in [3.05, 3.63) is 0 Å². The van der Waals surface area contributed by atoms with Crippen molar-refractivity contribution in [2.24, 2.45) is 0 Å². The number of hydrogen-bond acceptors (Lipinski definition) is 1. The van der Waals surface area contributed by atoms with Crippen LogP contribution in [0, 0.1) is 0 Å². The van der Waals surface area contributed by atoms with Gasteiger partial charge < -0.3 is 4.90 Å². The molecule has 3 heteroatoms. The standard InChI is InChI=1S/C6H15N.C3H8.2CH3B.CH4/c1-4-7(5-2)6-3;1-3-2;2*1-2;/h4-6H2,1-3H3;3H2,1-2H3;2*1H3;1H4. The van der Waals surface area contributed by atoms with Gasteiger partial charge in [0.15, 0.2) is 0 Å². The molecule has 0 aliphatic rings. The van der Waals surface area contributed by atoms with E-state index in [1.54, 1.807) is 0 Å². The van der Waals surface area contributed by atoms with Gasteiger partial charge >= 0.3 is 0 Å². The van der Waals surface area contributed by atoms with Crippen molar-refractivity contribution in [2.75, 3.05) is 19.6 Å². The minimum Gasteiger partial charge on any atom is -0.304 e. The fourth-order valence-electron chi connectivity index (χ4n) is 0.671. The monoisotopic (exact) mass is 213 g/mol. The Kier molecular flexibility index (Phi) is 94.2. The van der Waals surface area contributed by atoms with Crippen molar-refractivity contribution in [3.63, 3.8) is 0 Å². The van der Waals surface area contributed by atoms with E-state index in [0.29, 0.717) is 0 Å². The Morgan fingerprint density at radius 1 is 0.667 bits per heavy atom. The van der Waals surface area contributed by atoms with Gasteiger partial charge in [0.25, 0.3) is 0 Å². The van der Waals surface area contributed by atoms with Crippen molar-refractivity contribution in [3.8, 4) is 0 Å². The predicted octanol–water partition coefficient (Wildman–Crippen LogP) is 3.81. The second kappa shape index (κ2) is 48.0. The lowest BCUT2D eigenvalue weighted by atomic mass is 10.2. The molecule has 0 aromatic rings. The van der Waals surface area contributed by atoms with E-state index < -0.39 is 0 Å². The molecule has 0 fully saturated rings. The van der Waals surface area contributed by atoms with Crippen LogP contribution in [0.4, 0.5) is 0 Å². The van der Waals surface area contributed by atoms with Crippen LogP contribution in [0.25, 0.3) is 0 Å². The molecule has 0 N–H and O–H groups in total. The Morgan fingerprint density at radius 2 is 0.800 bits per heavy atom. The summed E-state index contributed by atoms with van der Waals surface area (Å²) in [6, 6.07) is 0. The smallest absolute Gasteiger partial charge is 0.0606 e. The summed E-state index contributed by atoms with van der Waals surface area (Å²) < 4.78 is 0. The van der Waals surface area contributed by atoms with Crippen LogP contribution in [-0.4, -0.2) is 40.2 Å². The zero-order valence-corrected chi connectivity index (χ0v) is 11.4. The lowest BCUT2D eigenvalue weighted by Crippen LogP contribution is -2.21. The van der Waals surface area contributed by atoms with Crippen LogP contribution < -0.4 is 0 Å². The number of hydrogen-bond donors (Lipinski definition) is 0. The van der Waals surface area contributed by atoms with Gasteiger partial charge in [-0.05, 0) is 19.6 Å². The molecule has 0 amide bonds. The SMILES string of the molecule is C.CCC.CCN(CC)CC.[B]C.[B]C. The molecule has 1 nitrogen and oxygen atoms in total. The highest BCUT2D eigenvalue weighted by atomic mass is 15.1. The van der Waals surface area contributed by atoms with Gasteiger partial charge in [0.2, 0.25) is 0 Å². The summed E-state index contributed by atoms with van der Waals surface area (Å²) in [4.78, 5) is 2.38. The Bertz CT molecular complexity index is 43.4. The molecular formula is C12H33B2N. The van der Waals surface area contributed by atoms with E-state index in [4.69, 9.17) is 0 Å². The summed E-state index contributed by atoms with van der Waals surface area (Å²) in [5.74, 6) is 0. The number of rotatable bonds is 3. The van der Waals surface area contributed by atoms with Gasteiger partial charge in [0, 0.05) is 0 Å². The van der Waals surface area contributed by atoms with Crippen LogP contribution in [-0.2, 0) is 0 Å². The first-order valence-electron chi connectivity index (χ1n) is 5.64. The van der Waals surface area contributed by atoms with Gasteiger partial charge in [-0.25, -0.2) is 0 Å². The molecule has 0 heterocycles. The highest BCUT2D eigenvalue weighted by Crippen LogP contribution is 1.81. The summed E-state index contributed by atoms with van der Waals surface area (Å²) in [5, 5.41) is 0. The molecule has 15 heavy (non-hydrogen) atoms. The predicted molar refractivity (Wildman–Crippen MR) is 79.4 cm³/mol. The quantitative estimate of drug-likeness (QED) is 0.644. The zero-order valence-electron chi connectivity index (χ0n) is 11.4. The van der Waals surface area contributed by atoms with Crippen molar-refractivity contribution in [2.45, 2.75) is 62.1 Å². The molecular weight excluding hydrogens is 180 g/mol. The average Bonchev–Trinajstić information content (AvgIpc) is 2.27. The largest absolute Gasteiger partial charge is 0.304 e. The maximum atomic E-state index is 4.50. The second-order valence-electron chi connectivity index (χ2n) is 2.33. The van der Waals surface area contributed by atoms with Crippen LogP contribution in [0.3, 0.4) is 0 Å². The van der Waals surface area contributed by atoms with Crippen LogP contribution >= 0.6 is 0 Å².